The molecule has 1 amide bonds. The van der Waals surface area contributed by atoms with Crippen molar-refractivity contribution in [3.63, 3.8) is 0 Å². The largest absolute Gasteiger partial charge is 0.487 e. The van der Waals surface area contributed by atoms with Crippen LogP contribution < -0.4 is 4.74 Å². The fraction of sp³-hybridized carbons (Fsp3) is 0.524. The summed E-state index contributed by atoms with van der Waals surface area (Å²) in [5.41, 5.74) is 0. The van der Waals surface area contributed by atoms with Crippen LogP contribution in [0.2, 0.25) is 0 Å². The third-order valence-corrected chi connectivity index (χ3v) is 5.80. The Morgan fingerprint density at radius 2 is 1.93 bits per heavy atom. The molecule has 27 heavy (non-hydrogen) atoms. The quantitative estimate of drug-likeness (QED) is 0.865. The highest BCUT2D eigenvalue weighted by molar-refractivity contribution is 5.87. The number of hydrogen-bond acceptors (Lipinski definition) is 5. The van der Waals surface area contributed by atoms with Gasteiger partial charge in [-0.15, -0.1) is 0 Å². The molecule has 0 spiro atoms. The Hall–Kier alpha value is -2.18. The first kappa shape index (κ1) is 18.2. The van der Waals surface area contributed by atoms with Gasteiger partial charge in [-0.2, -0.15) is 0 Å². The van der Waals surface area contributed by atoms with Crippen molar-refractivity contribution in [2.75, 3.05) is 13.1 Å². The predicted molar refractivity (Wildman–Crippen MR) is 101 cm³/mol. The van der Waals surface area contributed by atoms with Gasteiger partial charge < -0.3 is 19.8 Å². The van der Waals surface area contributed by atoms with Crippen molar-refractivity contribution >= 4 is 16.7 Å². The second kappa shape index (κ2) is 7.82. The Labute approximate surface area is 158 Å². The smallest absolute Gasteiger partial charge is 0.225 e. The average molecular weight is 370 g/mol. The van der Waals surface area contributed by atoms with E-state index in [1.54, 1.807) is 17.3 Å². The van der Waals surface area contributed by atoms with Crippen molar-refractivity contribution in [2.24, 2.45) is 5.92 Å². The molecule has 6 heteroatoms. The van der Waals surface area contributed by atoms with E-state index in [1.807, 2.05) is 24.3 Å². The summed E-state index contributed by atoms with van der Waals surface area (Å²) in [6.07, 6.45) is 5.65. The van der Waals surface area contributed by atoms with Crippen molar-refractivity contribution in [2.45, 2.75) is 50.4 Å². The summed E-state index contributed by atoms with van der Waals surface area (Å²) in [6.45, 7) is 0.890. The summed E-state index contributed by atoms with van der Waals surface area (Å²) in [5.74, 6) is 0.819. The zero-order valence-corrected chi connectivity index (χ0v) is 15.3. The molecule has 0 unspecified atom stereocenters. The maximum Gasteiger partial charge on any atom is 0.225 e. The van der Waals surface area contributed by atoms with Crippen LogP contribution >= 0.6 is 0 Å². The van der Waals surface area contributed by atoms with Crippen molar-refractivity contribution in [1.82, 2.24) is 9.88 Å². The highest BCUT2D eigenvalue weighted by Gasteiger charge is 2.35. The fourth-order valence-electron chi connectivity index (χ4n) is 4.19. The summed E-state index contributed by atoms with van der Waals surface area (Å²) in [7, 11) is 0. The number of amides is 1. The van der Waals surface area contributed by atoms with Crippen molar-refractivity contribution in [3.8, 4) is 5.75 Å². The van der Waals surface area contributed by atoms with Crippen molar-refractivity contribution in [3.05, 3.63) is 36.7 Å². The average Bonchev–Trinajstić information content (AvgIpc) is 2.70. The number of aromatic nitrogens is 1. The van der Waals surface area contributed by atoms with E-state index in [2.05, 4.69) is 4.98 Å². The van der Waals surface area contributed by atoms with E-state index in [9.17, 15) is 15.0 Å². The Balaban J connectivity index is 1.39. The van der Waals surface area contributed by atoms with Gasteiger partial charge in [-0.1, -0.05) is 12.1 Å². The number of piperidine rings is 1. The lowest BCUT2D eigenvalue weighted by Crippen LogP contribution is -2.52. The molecular formula is C21H26N2O4. The summed E-state index contributed by atoms with van der Waals surface area (Å²) >= 11 is 0. The molecule has 0 bridgehead atoms. The molecule has 2 N–H and O–H groups in total. The Bertz CT molecular complexity index is 798. The van der Waals surface area contributed by atoms with Crippen molar-refractivity contribution in [1.29, 1.82) is 0 Å². The number of nitrogens with zero attached hydrogens (tertiary/aromatic N) is 2. The molecule has 1 aromatic heterocycles. The van der Waals surface area contributed by atoms with E-state index in [4.69, 9.17) is 4.74 Å². The number of aliphatic hydroxyl groups is 2. The number of likely N-dealkylation sites (tertiary alicyclic amines) is 1. The number of β-amino-alcohol motifs (C(OH)–C–C–N with tert-alkyl or cyclic N) is 1. The number of aliphatic hydroxyl groups excluding tert-OH is 2. The zero-order chi connectivity index (χ0) is 18.8. The fourth-order valence-corrected chi connectivity index (χ4v) is 4.19. The minimum Gasteiger partial charge on any atom is -0.487 e. The highest BCUT2D eigenvalue weighted by atomic mass is 16.5. The lowest BCUT2D eigenvalue weighted by molar-refractivity contribution is -0.143. The Morgan fingerprint density at radius 3 is 2.70 bits per heavy atom. The van der Waals surface area contributed by atoms with E-state index < -0.39 is 6.10 Å². The van der Waals surface area contributed by atoms with Crippen LogP contribution in [0.25, 0.3) is 10.8 Å². The van der Waals surface area contributed by atoms with E-state index in [1.165, 1.54) is 0 Å². The Kier molecular flexibility index (Phi) is 5.27. The lowest BCUT2D eigenvalue weighted by atomic mass is 9.86. The van der Waals surface area contributed by atoms with Gasteiger partial charge in [0, 0.05) is 42.0 Å². The molecule has 1 saturated heterocycles. The molecular weight excluding hydrogens is 344 g/mol. The third kappa shape index (κ3) is 3.92. The molecule has 2 aliphatic rings. The first-order valence-corrected chi connectivity index (χ1v) is 9.76. The van der Waals surface area contributed by atoms with Gasteiger partial charge in [0.2, 0.25) is 5.91 Å². The Morgan fingerprint density at radius 1 is 1.11 bits per heavy atom. The second-order valence-electron chi connectivity index (χ2n) is 7.65. The molecule has 2 atom stereocenters. The van der Waals surface area contributed by atoms with Gasteiger partial charge in [0.05, 0.1) is 12.6 Å². The standard InChI is InChI=1S/C21H26N2O4/c24-16-6-4-14(5-7-16)21(26)23-11-9-20(18(25)13-23)27-19-3-1-2-15-12-22-10-8-17(15)19/h1-3,8,10,12,14,16,18,20,24-25H,4-7,9,11,13H2/t14?,16?,18-,20-/m1/s1. The van der Waals surface area contributed by atoms with Crippen LogP contribution in [0.5, 0.6) is 5.75 Å². The molecule has 2 aromatic rings. The van der Waals surface area contributed by atoms with Gasteiger partial charge >= 0.3 is 0 Å². The summed E-state index contributed by atoms with van der Waals surface area (Å²) < 4.78 is 6.12. The van der Waals surface area contributed by atoms with Crippen LogP contribution in [-0.2, 0) is 4.79 Å². The normalized spacial score (nSPS) is 28.9. The SMILES string of the molecule is O=C(C1CCC(O)CC1)N1CC[C@@H](Oc2cccc3cnccc23)[C@H](O)C1. The molecule has 1 aromatic carbocycles. The highest BCUT2D eigenvalue weighted by Crippen LogP contribution is 2.30. The van der Waals surface area contributed by atoms with Crippen LogP contribution in [-0.4, -0.2) is 57.4 Å². The summed E-state index contributed by atoms with van der Waals surface area (Å²) in [4.78, 5) is 18.6. The summed E-state index contributed by atoms with van der Waals surface area (Å²) in [6, 6.07) is 7.71. The van der Waals surface area contributed by atoms with E-state index in [-0.39, 0.29) is 24.0 Å². The van der Waals surface area contributed by atoms with E-state index in [0.717, 1.165) is 29.4 Å². The number of rotatable bonds is 3. The minimum absolute atomic E-state index is 0.0244. The maximum absolute atomic E-state index is 12.7. The number of carbonyl (C=O) groups is 1. The van der Waals surface area contributed by atoms with Crippen LogP contribution in [0, 0.1) is 5.92 Å². The van der Waals surface area contributed by atoms with E-state index >= 15 is 0 Å². The van der Waals surface area contributed by atoms with Crippen LogP contribution in [0.4, 0.5) is 0 Å². The molecule has 1 aliphatic heterocycles. The number of carbonyl (C=O) groups excluding carboxylic acids is 1. The first-order valence-electron chi connectivity index (χ1n) is 9.76. The number of ether oxygens (including phenoxy) is 1. The topological polar surface area (TPSA) is 82.9 Å². The lowest BCUT2D eigenvalue weighted by Gasteiger charge is -2.38. The number of fused-ring (bicyclic) bond motifs is 1. The molecule has 2 heterocycles. The van der Waals surface area contributed by atoms with Gasteiger partial charge in [0.1, 0.15) is 18.0 Å². The zero-order valence-electron chi connectivity index (χ0n) is 15.3. The molecule has 144 valence electrons. The van der Waals surface area contributed by atoms with Gasteiger partial charge in [-0.25, -0.2) is 0 Å². The number of hydrogen-bond donors (Lipinski definition) is 2. The molecule has 6 nitrogen and oxygen atoms in total. The molecule has 1 saturated carbocycles. The minimum atomic E-state index is -0.714. The monoisotopic (exact) mass is 370 g/mol. The van der Waals surface area contributed by atoms with Crippen LogP contribution in [0.1, 0.15) is 32.1 Å². The van der Waals surface area contributed by atoms with Gasteiger partial charge in [0.15, 0.2) is 0 Å². The third-order valence-electron chi connectivity index (χ3n) is 5.80. The molecule has 2 fully saturated rings. The molecule has 0 radical (unpaired) electrons. The van der Waals surface area contributed by atoms with Crippen LogP contribution in [0.3, 0.4) is 0 Å². The second-order valence-corrected chi connectivity index (χ2v) is 7.65. The van der Waals surface area contributed by atoms with Crippen LogP contribution in [0.15, 0.2) is 36.7 Å². The summed E-state index contributed by atoms with van der Waals surface area (Å²) in [5, 5.41) is 22.2. The maximum atomic E-state index is 12.7. The van der Waals surface area contributed by atoms with Gasteiger partial charge in [0.25, 0.3) is 0 Å². The molecule has 4 rings (SSSR count). The van der Waals surface area contributed by atoms with E-state index in [0.29, 0.717) is 32.4 Å². The number of pyridine rings is 1. The molecule has 1 aliphatic carbocycles. The number of benzene rings is 1. The predicted octanol–water partition coefficient (Wildman–Crippen LogP) is 2.13. The van der Waals surface area contributed by atoms with Crippen molar-refractivity contribution < 1.29 is 19.7 Å². The van der Waals surface area contributed by atoms with Gasteiger partial charge in [-0.05, 0) is 37.8 Å². The van der Waals surface area contributed by atoms with Gasteiger partial charge in [-0.3, -0.25) is 9.78 Å². The first-order chi connectivity index (χ1) is 13.1.